The summed E-state index contributed by atoms with van der Waals surface area (Å²) >= 11 is 17.5. The quantitative estimate of drug-likeness (QED) is 0.122. The Balaban J connectivity index is 0.000000174. The molecule has 0 unspecified atom stereocenters. The average molecular weight is 1310 g/mol. The predicted molar refractivity (Wildman–Crippen MR) is 304 cm³/mol. The van der Waals surface area contributed by atoms with E-state index < -0.39 is 0 Å². The Bertz CT molecular complexity index is 2680. The lowest BCUT2D eigenvalue weighted by Crippen LogP contribution is -1.87. The molecule has 8 rings (SSSR count). The number of benzene rings is 6. The minimum Gasteiger partial charge on any atom is -0.127 e. The van der Waals surface area contributed by atoms with Crippen molar-refractivity contribution in [1.82, 2.24) is 0 Å². The van der Waals surface area contributed by atoms with Crippen molar-refractivity contribution in [3.63, 3.8) is 0 Å². The van der Waals surface area contributed by atoms with Gasteiger partial charge in [-0.1, -0.05) is 71.9 Å². The van der Waals surface area contributed by atoms with Crippen molar-refractivity contribution in [1.29, 1.82) is 0 Å². The van der Waals surface area contributed by atoms with Crippen molar-refractivity contribution in [2.45, 2.75) is 0 Å². The number of hydrogen-bond donors (Lipinski definition) is 0. The molecular weight excluding hydrogens is 1280 g/mol. The molecule has 0 saturated heterocycles. The number of halogens is 5. The Labute approximate surface area is 437 Å². The normalized spacial score (nSPS) is 9.57. The average Bonchev–Trinajstić information content (AvgIpc) is 3.97. The van der Waals surface area contributed by atoms with Gasteiger partial charge in [-0.15, -0.1) is 61.2 Å². The van der Waals surface area contributed by atoms with Gasteiger partial charge in [-0.3, -0.25) is 0 Å². The van der Waals surface area contributed by atoms with E-state index in [9.17, 15) is 0 Å². The summed E-state index contributed by atoms with van der Waals surface area (Å²) in [6, 6.07) is 52.0. The van der Waals surface area contributed by atoms with Crippen LogP contribution >= 0.6 is 122 Å². The van der Waals surface area contributed by atoms with E-state index in [0.717, 1.165) is 33.4 Å². The van der Waals surface area contributed by atoms with Gasteiger partial charge in [0.05, 0.1) is 7.57 Å². The summed E-state index contributed by atoms with van der Waals surface area (Å²) in [5.74, 6) is 14.9. The third-order valence-corrected chi connectivity index (χ3v) is 14.3. The first-order chi connectivity index (χ1) is 30.4. The second-order valence-corrected chi connectivity index (χ2v) is 21.7. The SMILES string of the molecule is Brc1ccc(-c2ccc(Br)s2)s1.C#Cc1cc(C#C)cc(C#C)c1.C#Cc1cc(C#C)cc(C#C)c1.Ic1ccc(-c2cc(-c3ccc(I)cc3)cc(-c3ccc(I)cc3)c2)cc1. The standard InChI is InChI=1S/C24H15I3.2C12H6.C8H4Br2S2/c25-22-7-1-16(2-8-22)19-13-20(17-3-9-23(26)10-4-17)15-21(14-19)18-5-11-24(27)12-6-18;2*1-4-10-7-11(5-2)9-12(6-3)8-10;9-7-3-1-5(11-7)6-2-4-8(10)12-6/h1-15H;2*1-3,7-9H;1-4H. The van der Waals surface area contributed by atoms with E-state index in [0.29, 0.717) is 0 Å². The summed E-state index contributed by atoms with van der Waals surface area (Å²) < 4.78 is 6.12. The molecule has 0 spiro atoms. The highest BCUT2D eigenvalue weighted by molar-refractivity contribution is 14.1. The summed E-state index contributed by atoms with van der Waals surface area (Å²) in [6.07, 6.45) is 31.3. The van der Waals surface area contributed by atoms with Gasteiger partial charge in [-0.05, 0) is 248 Å². The van der Waals surface area contributed by atoms with Gasteiger partial charge in [0.2, 0.25) is 0 Å². The van der Waals surface area contributed by atoms with Crippen LogP contribution in [0.4, 0.5) is 0 Å². The van der Waals surface area contributed by atoms with Crippen LogP contribution in [-0.2, 0) is 0 Å². The number of thiophene rings is 2. The van der Waals surface area contributed by atoms with Crippen LogP contribution in [0, 0.1) is 84.8 Å². The van der Waals surface area contributed by atoms with Crippen LogP contribution in [-0.4, -0.2) is 0 Å². The molecule has 2 heterocycles. The van der Waals surface area contributed by atoms with Crippen molar-refractivity contribution < 1.29 is 0 Å². The summed E-state index contributed by atoms with van der Waals surface area (Å²) in [7, 11) is 0. The topological polar surface area (TPSA) is 0 Å². The summed E-state index contributed by atoms with van der Waals surface area (Å²) in [4.78, 5) is 2.63. The Morgan fingerprint density at radius 2 is 0.524 bits per heavy atom. The summed E-state index contributed by atoms with van der Waals surface area (Å²) in [6.45, 7) is 0. The Hall–Kier alpha value is -4.77. The van der Waals surface area contributed by atoms with Crippen LogP contribution < -0.4 is 0 Å². The monoisotopic (exact) mass is 1310 g/mol. The molecule has 302 valence electrons. The lowest BCUT2D eigenvalue weighted by atomic mass is 9.93. The molecule has 7 heteroatoms. The number of rotatable bonds is 4. The van der Waals surface area contributed by atoms with E-state index in [1.54, 1.807) is 59.1 Å². The van der Waals surface area contributed by atoms with Crippen molar-refractivity contribution in [3.8, 4) is 117 Å². The van der Waals surface area contributed by atoms with Crippen LogP contribution in [0.5, 0.6) is 0 Å². The highest BCUT2D eigenvalue weighted by Crippen LogP contribution is 2.37. The smallest absolute Gasteiger partial charge is 0.0705 e. The Morgan fingerprint density at radius 1 is 0.302 bits per heavy atom. The van der Waals surface area contributed by atoms with Crippen LogP contribution in [0.25, 0.3) is 43.1 Å². The zero-order valence-electron chi connectivity index (χ0n) is 33.1. The highest BCUT2D eigenvalue weighted by atomic mass is 127. The third-order valence-electron chi connectivity index (χ3n) is 8.72. The number of terminal acetylenes is 6. The molecule has 0 atom stereocenters. The van der Waals surface area contributed by atoms with Crippen molar-refractivity contribution >= 4 is 122 Å². The lowest BCUT2D eigenvalue weighted by molar-refractivity contribution is 1.54. The maximum absolute atomic E-state index is 5.21. The zero-order valence-corrected chi connectivity index (χ0v) is 44.4. The van der Waals surface area contributed by atoms with Gasteiger partial charge >= 0.3 is 0 Å². The maximum atomic E-state index is 5.21. The number of hydrogen-bond acceptors (Lipinski definition) is 2. The fourth-order valence-corrected chi connectivity index (χ4v) is 9.64. The molecular formula is C56H31Br2I3S2. The molecule has 6 aromatic carbocycles. The van der Waals surface area contributed by atoms with Crippen LogP contribution in [0.3, 0.4) is 0 Å². The minimum atomic E-state index is 0.721. The second-order valence-electron chi connectivity index (χ2n) is 13.0. The van der Waals surface area contributed by atoms with Gasteiger partial charge in [0, 0.05) is 53.8 Å². The second kappa shape index (κ2) is 24.9. The molecule has 0 nitrogen and oxygen atoms in total. The molecule has 0 aliphatic rings. The Kier molecular flexibility index (Phi) is 19.5. The highest BCUT2D eigenvalue weighted by Gasteiger charge is 2.08. The molecule has 0 aliphatic carbocycles. The fraction of sp³-hybridized carbons (Fsp3) is 0. The molecule has 0 fully saturated rings. The van der Waals surface area contributed by atoms with Gasteiger partial charge in [0.1, 0.15) is 0 Å². The predicted octanol–water partition coefficient (Wildman–Crippen LogP) is 16.8. The van der Waals surface area contributed by atoms with Gasteiger partial charge in [0.25, 0.3) is 0 Å². The van der Waals surface area contributed by atoms with Crippen LogP contribution in [0.2, 0.25) is 0 Å². The largest absolute Gasteiger partial charge is 0.127 e. The first kappa shape index (κ1) is 49.2. The molecule has 63 heavy (non-hydrogen) atoms. The van der Waals surface area contributed by atoms with E-state index in [1.807, 2.05) is 0 Å². The first-order valence-electron chi connectivity index (χ1n) is 18.5. The van der Waals surface area contributed by atoms with Gasteiger partial charge in [-0.2, -0.15) is 0 Å². The molecule has 8 aromatic rings. The minimum absolute atomic E-state index is 0.721. The lowest BCUT2D eigenvalue weighted by Gasteiger charge is -2.12. The maximum Gasteiger partial charge on any atom is 0.0705 e. The molecule has 0 saturated carbocycles. The third kappa shape index (κ3) is 15.2. The summed E-state index contributed by atoms with van der Waals surface area (Å²) in [5.41, 5.74) is 11.8. The van der Waals surface area contributed by atoms with E-state index in [-0.39, 0.29) is 0 Å². The molecule has 2 aromatic heterocycles. The molecule has 0 N–H and O–H groups in total. The van der Waals surface area contributed by atoms with Crippen molar-refractivity contribution in [2.75, 3.05) is 0 Å². The van der Waals surface area contributed by atoms with Crippen LogP contribution in [0.15, 0.2) is 159 Å². The van der Waals surface area contributed by atoms with Gasteiger partial charge in [0.15, 0.2) is 0 Å². The van der Waals surface area contributed by atoms with E-state index in [4.69, 9.17) is 38.5 Å². The van der Waals surface area contributed by atoms with Crippen LogP contribution in [0.1, 0.15) is 33.4 Å². The Morgan fingerprint density at radius 3 is 0.698 bits per heavy atom. The van der Waals surface area contributed by atoms with E-state index >= 15 is 0 Å². The fourth-order valence-electron chi connectivity index (χ4n) is 5.70. The molecule has 0 bridgehead atoms. The summed E-state index contributed by atoms with van der Waals surface area (Å²) in [5, 5.41) is 0. The zero-order chi connectivity index (χ0) is 45.3. The van der Waals surface area contributed by atoms with Gasteiger partial charge < -0.3 is 0 Å². The molecule has 0 aliphatic heterocycles. The van der Waals surface area contributed by atoms with Crippen molar-refractivity contribution in [3.05, 3.63) is 203 Å². The molecule has 0 amide bonds. The first-order valence-corrected chi connectivity index (χ1v) is 24.9. The van der Waals surface area contributed by atoms with Gasteiger partial charge in [-0.25, -0.2) is 0 Å². The van der Waals surface area contributed by atoms with E-state index in [1.165, 1.54) is 61.4 Å². The molecule has 0 radical (unpaired) electrons. The van der Waals surface area contributed by atoms with E-state index in [2.05, 4.69) is 250 Å². The van der Waals surface area contributed by atoms with Crippen molar-refractivity contribution in [2.24, 2.45) is 0 Å².